The number of nitrogens with two attached hydrogens (primary N) is 1. The van der Waals surface area contributed by atoms with Gasteiger partial charge in [0.15, 0.2) is 0 Å². The van der Waals surface area contributed by atoms with Crippen LogP contribution in [0.3, 0.4) is 0 Å². The number of thiophene rings is 1. The van der Waals surface area contributed by atoms with E-state index in [4.69, 9.17) is 5.73 Å². The molecule has 0 aliphatic rings. The highest BCUT2D eigenvalue weighted by molar-refractivity contribution is 7.89. The average molecular weight is 328 g/mol. The lowest BCUT2D eigenvalue weighted by molar-refractivity contribution is 0.552. The number of halogens is 1. The second-order valence-electron chi connectivity index (χ2n) is 4.74. The molecule has 0 saturated heterocycles. The third kappa shape index (κ3) is 3.42. The first-order valence-electron chi connectivity index (χ1n) is 6.46. The van der Waals surface area contributed by atoms with Crippen LogP contribution in [0.1, 0.15) is 29.8 Å². The van der Waals surface area contributed by atoms with Gasteiger partial charge in [-0.1, -0.05) is 13.0 Å². The molecule has 0 aliphatic heterocycles. The standard InChI is InChI=1S/C14H17FN2O2S2/c1-3-12(13-5-4-6-20-13)17-21(18,19)10-7-9(2)14(15)11(16)8-10/h4-8,12,17H,3,16H2,1-2H3. The van der Waals surface area contributed by atoms with Crippen molar-refractivity contribution in [3.63, 3.8) is 0 Å². The number of anilines is 1. The molecule has 1 unspecified atom stereocenters. The number of sulfonamides is 1. The van der Waals surface area contributed by atoms with Gasteiger partial charge in [-0.05, 0) is 42.5 Å². The second-order valence-corrected chi connectivity index (χ2v) is 7.43. The zero-order valence-electron chi connectivity index (χ0n) is 11.8. The van der Waals surface area contributed by atoms with Gasteiger partial charge in [-0.15, -0.1) is 11.3 Å². The van der Waals surface area contributed by atoms with Gasteiger partial charge < -0.3 is 5.73 Å². The number of hydrogen-bond acceptors (Lipinski definition) is 4. The van der Waals surface area contributed by atoms with Crippen LogP contribution in [0.15, 0.2) is 34.5 Å². The molecule has 0 amide bonds. The summed E-state index contributed by atoms with van der Waals surface area (Å²) in [6.07, 6.45) is 0.620. The third-order valence-corrected chi connectivity index (χ3v) is 5.60. The molecule has 114 valence electrons. The summed E-state index contributed by atoms with van der Waals surface area (Å²) < 4.78 is 41.0. The van der Waals surface area contributed by atoms with Gasteiger partial charge in [0.05, 0.1) is 16.6 Å². The summed E-state index contributed by atoms with van der Waals surface area (Å²) in [4.78, 5) is 0.918. The molecule has 2 rings (SSSR count). The van der Waals surface area contributed by atoms with E-state index in [0.29, 0.717) is 6.42 Å². The smallest absolute Gasteiger partial charge is 0.241 e. The van der Waals surface area contributed by atoms with Gasteiger partial charge in [0, 0.05) is 4.88 Å². The van der Waals surface area contributed by atoms with Gasteiger partial charge in [0.1, 0.15) is 5.82 Å². The van der Waals surface area contributed by atoms with Crippen LogP contribution in [0.5, 0.6) is 0 Å². The van der Waals surface area contributed by atoms with Crippen molar-refractivity contribution in [1.82, 2.24) is 4.72 Å². The Labute approximate surface area is 127 Å². The molecule has 1 aromatic heterocycles. The summed E-state index contributed by atoms with van der Waals surface area (Å²) in [5.74, 6) is -0.584. The minimum Gasteiger partial charge on any atom is -0.396 e. The Kier molecular flexibility index (Phi) is 4.65. The number of benzene rings is 1. The molecular formula is C14H17FN2O2S2. The van der Waals surface area contributed by atoms with E-state index < -0.39 is 15.8 Å². The summed E-state index contributed by atoms with van der Waals surface area (Å²) in [6, 6.07) is 5.88. The highest BCUT2D eigenvalue weighted by atomic mass is 32.2. The zero-order valence-corrected chi connectivity index (χ0v) is 13.4. The van der Waals surface area contributed by atoms with Gasteiger partial charge in [-0.3, -0.25) is 0 Å². The van der Waals surface area contributed by atoms with Gasteiger partial charge >= 0.3 is 0 Å². The van der Waals surface area contributed by atoms with Crippen molar-refractivity contribution >= 4 is 27.0 Å². The van der Waals surface area contributed by atoms with Crippen molar-refractivity contribution in [1.29, 1.82) is 0 Å². The lowest BCUT2D eigenvalue weighted by Crippen LogP contribution is -2.28. The highest BCUT2D eigenvalue weighted by Crippen LogP contribution is 2.26. The second kappa shape index (κ2) is 6.13. The molecule has 7 heteroatoms. The van der Waals surface area contributed by atoms with Crippen LogP contribution in [0, 0.1) is 12.7 Å². The Morgan fingerprint density at radius 2 is 2.14 bits per heavy atom. The van der Waals surface area contributed by atoms with Crippen molar-refractivity contribution in [2.75, 3.05) is 5.73 Å². The predicted octanol–water partition coefficient (Wildman–Crippen LogP) is 3.21. The minimum atomic E-state index is -3.75. The Hall–Kier alpha value is -1.44. The topological polar surface area (TPSA) is 72.2 Å². The minimum absolute atomic E-state index is 0.0195. The molecule has 0 bridgehead atoms. The van der Waals surface area contributed by atoms with Gasteiger partial charge in [-0.25, -0.2) is 17.5 Å². The largest absolute Gasteiger partial charge is 0.396 e. The fourth-order valence-electron chi connectivity index (χ4n) is 2.01. The molecule has 0 spiro atoms. The average Bonchev–Trinajstić information content (AvgIpc) is 2.95. The van der Waals surface area contributed by atoms with Crippen LogP contribution in [-0.4, -0.2) is 8.42 Å². The quantitative estimate of drug-likeness (QED) is 0.828. The van der Waals surface area contributed by atoms with Crippen LogP contribution in [-0.2, 0) is 10.0 Å². The van der Waals surface area contributed by atoms with Crippen LogP contribution < -0.4 is 10.5 Å². The highest BCUT2D eigenvalue weighted by Gasteiger charge is 2.22. The van der Waals surface area contributed by atoms with E-state index >= 15 is 0 Å². The number of hydrogen-bond donors (Lipinski definition) is 2. The molecule has 1 aromatic carbocycles. The Morgan fingerprint density at radius 1 is 1.43 bits per heavy atom. The Balaban J connectivity index is 2.34. The number of nitrogen functional groups attached to an aromatic ring is 1. The first-order valence-corrected chi connectivity index (χ1v) is 8.82. The number of nitrogens with one attached hydrogen (secondary N) is 1. The summed E-state index contributed by atoms with van der Waals surface area (Å²) >= 11 is 1.49. The van der Waals surface area contributed by atoms with Crippen molar-refractivity contribution in [2.45, 2.75) is 31.2 Å². The van der Waals surface area contributed by atoms with Crippen LogP contribution in [0.4, 0.5) is 10.1 Å². The van der Waals surface area contributed by atoms with Crippen LogP contribution in [0.2, 0.25) is 0 Å². The monoisotopic (exact) mass is 328 g/mol. The Bertz CT molecular complexity index is 704. The maximum absolute atomic E-state index is 13.5. The molecular weight excluding hydrogens is 311 g/mol. The first kappa shape index (κ1) is 15.9. The molecule has 3 N–H and O–H groups in total. The normalized spacial score (nSPS) is 13.3. The van der Waals surface area contributed by atoms with E-state index in [9.17, 15) is 12.8 Å². The molecule has 1 atom stereocenters. The maximum Gasteiger partial charge on any atom is 0.241 e. The Morgan fingerprint density at radius 3 is 2.67 bits per heavy atom. The van der Waals surface area contributed by atoms with E-state index in [-0.39, 0.29) is 22.2 Å². The lowest BCUT2D eigenvalue weighted by atomic mass is 10.2. The molecule has 0 aliphatic carbocycles. The molecule has 0 saturated carbocycles. The summed E-state index contributed by atoms with van der Waals surface area (Å²) in [5.41, 5.74) is 5.55. The molecule has 21 heavy (non-hydrogen) atoms. The van der Waals surface area contributed by atoms with Gasteiger partial charge in [0.2, 0.25) is 10.0 Å². The van der Waals surface area contributed by atoms with E-state index in [0.717, 1.165) is 10.9 Å². The van der Waals surface area contributed by atoms with Crippen molar-refractivity contribution in [3.8, 4) is 0 Å². The third-order valence-electron chi connectivity index (χ3n) is 3.16. The summed E-state index contributed by atoms with van der Waals surface area (Å²) in [6.45, 7) is 3.39. The number of aryl methyl sites for hydroxylation is 1. The van der Waals surface area contributed by atoms with Gasteiger partial charge in [-0.2, -0.15) is 0 Å². The maximum atomic E-state index is 13.5. The van der Waals surface area contributed by atoms with Crippen molar-refractivity contribution < 1.29 is 12.8 Å². The lowest BCUT2D eigenvalue weighted by Gasteiger charge is -2.16. The molecule has 0 fully saturated rings. The van der Waals surface area contributed by atoms with Gasteiger partial charge in [0.25, 0.3) is 0 Å². The molecule has 2 aromatic rings. The SMILES string of the molecule is CCC(NS(=O)(=O)c1cc(C)c(F)c(N)c1)c1cccs1. The summed E-state index contributed by atoms with van der Waals surface area (Å²) in [5, 5.41) is 1.90. The first-order chi connectivity index (χ1) is 9.85. The van der Waals surface area contributed by atoms with Crippen molar-refractivity contribution in [2.24, 2.45) is 0 Å². The predicted molar refractivity (Wildman–Crippen MR) is 83.2 cm³/mol. The fourth-order valence-corrected chi connectivity index (χ4v) is 4.36. The zero-order chi connectivity index (χ0) is 15.6. The van der Waals surface area contributed by atoms with Crippen LogP contribution >= 0.6 is 11.3 Å². The van der Waals surface area contributed by atoms with Crippen LogP contribution in [0.25, 0.3) is 0 Å². The summed E-state index contributed by atoms with van der Waals surface area (Å²) in [7, 11) is -3.75. The fraction of sp³-hybridized carbons (Fsp3) is 0.286. The van der Waals surface area contributed by atoms with E-state index in [1.807, 2.05) is 24.4 Å². The number of rotatable bonds is 5. The van der Waals surface area contributed by atoms with E-state index in [1.165, 1.54) is 24.3 Å². The van der Waals surface area contributed by atoms with Crippen molar-refractivity contribution in [3.05, 3.63) is 45.9 Å². The van der Waals surface area contributed by atoms with E-state index in [2.05, 4.69) is 4.72 Å². The molecule has 0 radical (unpaired) electrons. The molecule has 4 nitrogen and oxygen atoms in total. The van der Waals surface area contributed by atoms with E-state index in [1.54, 1.807) is 0 Å². The molecule has 1 heterocycles.